The van der Waals surface area contributed by atoms with Crippen LogP contribution < -0.4 is 10.6 Å². The average Bonchev–Trinajstić information content (AvgIpc) is 2.34. The standard InChI is InChI=1S/C11H10N4O/c1-2-6-13-11(16)8-14-10-5-3-4-9(7-12)15-10/h1,3-5H,6,8H2,(H,13,16)(H,14,15). The minimum Gasteiger partial charge on any atom is -0.361 e. The Balaban J connectivity index is 2.46. The van der Waals surface area contributed by atoms with Gasteiger partial charge < -0.3 is 10.6 Å². The van der Waals surface area contributed by atoms with Gasteiger partial charge in [0, 0.05) is 0 Å². The number of amides is 1. The second-order valence-electron chi connectivity index (χ2n) is 2.85. The first kappa shape index (κ1) is 11.5. The third-order valence-corrected chi connectivity index (χ3v) is 1.68. The van der Waals surface area contributed by atoms with E-state index in [4.69, 9.17) is 11.7 Å². The number of rotatable bonds is 4. The van der Waals surface area contributed by atoms with Crippen LogP contribution in [0.5, 0.6) is 0 Å². The number of pyridine rings is 1. The molecule has 16 heavy (non-hydrogen) atoms. The summed E-state index contributed by atoms with van der Waals surface area (Å²) in [6.45, 7) is 0.274. The van der Waals surface area contributed by atoms with Crippen molar-refractivity contribution < 1.29 is 4.79 Å². The quantitative estimate of drug-likeness (QED) is 0.697. The number of terminal acetylenes is 1. The van der Waals surface area contributed by atoms with Crippen molar-refractivity contribution in [2.75, 3.05) is 18.4 Å². The van der Waals surface area contributed by atoms with Crippen LogP contribution in [-0.4, -0.2) is 24.0 Å². The molecule has 5 heteroatoms. The predicted molar refractivity (Wildman–Crippen MR) is 59.3 cm³/mol. The summed E-state index contributed by atoms with van der Waals surface area (Å²) in [7, 11) is 0. The van der Waals surface area contributed by atoms with E-state index in [0.717, 1.165) is 0 Å². The molecule has 1 heterocycles. The molecule has 1 aromatic rings. The Morgan fingerprint density at radius 2 is 2.38 bits per heavy atom. The molecule has 0 bridgehead atoms. The Hall–Kier alpha value is -2.53. The number of aromatic nitrogens is 1. The smallest absolute Gasteiger partial charge is 0.240 e. The highest BCUT2D eigenvalue weighted by atomic mass is 16.1. The van der Waals surface area contributed by atoms with Crippen molar-refractivity contribution >= 4 is 11.7 Å². The van der Waals surface area contributed by atoms with E-state index in [1.54, 1.807) is 18.2 Å². The number of anilines is 1. The summed E-state index contributed by atoms with van der Waals surface area (Å²) >= 11 is 0. The molecule has 0 radical (unpaired) electrons. The molecule has 0 aromatic carbocycles. The van der Waals surface area contributed by atoms with Crippen LogP contribution in [0.2, 0.25) is 0 Å². The lowest BCUT2D eigenvalue weighted by molar-refractivity contribution is -0.119. The summed E-state index contributed by atoms with van der Waals surface area (Å²) in [6.07, 6.45) is 4.99. The monoisotopic (exact) mass is 214 g/mol. The topological polar surface area (TPSA) is 77.8 Å². The lowest BCUT2D eigenvalue weighted by atomic mass is 10.3. The van der Waals surface area contributed by atoms with Crippen LogP contribution in [0.1, 0.15) is 5.69 Å². The molecule has 0 aliphatic carbocycles. The molecule has 5 nitrogen and oxygen atoms in total. The minimum atomic E-state index is -0.220. The lowest BCUT2D eigenvalue weighted by Gasteiger charge is -2.04. The molecule has 0 unspecified atom stereocenters. The fraction of sp³-hybridized carbons (Fsp3) is 0.182. The molecular weight excluding hydrogens is 204 g/mol. The summed E-state index contributed by atoms with van der Waals surface area (Å²) in [5.41, 5.74) is 0.300. The summed E-state index contributed by atoms with van der Waals surface area (Å²) < 4.78 is 0. The van der Waals surface area contributed by atoms with E-state index < -0.39 is 0 Å². The Morgan fingerprint density at radius 3 is 3.06 bits per heavy atom. The summed E-state index contributed by atoms with van der Waals surface area (Å²) in [5, 5.41) is 13.9. The largest absolute Gasteiger partial charge is 0.361 e. The fourth-order valence-corrected chi connectivity index (χ4v) is 0.978. The van der Waals surface area contributed by atoms with Crippen LogP contribution in [0.25, 0.3) is 0 Å². The van der Waals surface area contributed by atoms with Gasteiger partial charge in [-0.15, -0.1) is 6.42 Å². The SMILES string of the molecule is C#CCNC(=O)CNc1cccc(C#N)n1. The average molecular weight is 214 g/mol. The summed E-state index contributed by atoms with van der Waals surface area (Å²) in [6, 6.07) is 6.86. The van der Waals surface area contributed by atoms with Gasteiger partial charge in [0.2, 0.25) is 5.91 Å². The van der Waals surface area contributed by atoms with E-state index in [1.807, 2.05) is 6.07 Å². The van der Waals surface area contributed by atoms with Crippen molar-refractivity contribution in [1.29, 1.82) is 5.26 Å². The van der Waals surface area contributed by atoms with Crippen LogP contribution in [0, 0.1) is 23.7 Å². The van der Waals surface area contributed by atoms with E-state index in [2.05, 4.69) is 21.5 Å². The van der Waals surface area contributed by atoms with Gasteiger partial charge >= 0.3 is 0 Å². The molecule has 0 saturated heterocycles. The van der Waals surface area contributed by atoms with E-state index in [-0.39, 0.29) is 19.0 Å². The van der Waals surface area contributed by atoms with Crippen molar-refractivity contribution in [3.8, 4) is 18.4 Å². The van der Waals surface area contributed by atoms with Gasteiger partial charge in [0.1, 0.15) is 17.6 Å². The predicted octanol–water partition coefficient (Wildman–Crippen LogP) is 0.115. The van der Waals surface area contributed by atoms with Gasteiger partial charge in [-0.25, -0.2) is 4.98 Å². The molecule has 1 aromatic heterocycles. The Morgan fingerprint density at radius 1 is 1.56 bits per heavy atom. The number of nitrogens with one attached hydrogen (secondary N) is 2. The molecule has 2 N–H and O–H groups in total. The molecular formula is C11H10N4O. The minimum absolute atomic E-state index is 0.0730. The molecule has 0 atom stereocenters. The summed E-state index contributed by atoms with van der Waals surface area (Å²) in [4.78, 5) is 15.1. The lowest BCUT2D eigenvalue weighted by Crippen LogP contribution is -2.30. The normalized spacial score (nSPS) is 8.62. The zero-order valence-corrected chi connectivity index (χ0v) is 8.53. The van der Waals surface area contributed by atoms with Gasteiger partial charge in [0.05, 0.1) is 13.1 Å². The second-order valence-corrected chi connectivity index (χ2v) is 2.85. The zero-order chi connectivity index (χ0) is 11.8. The maximum absolute atomic E-state index is 11.2. The van der Waals surface area contributed by atoms with Gasteiger partial charge in [-0.3, -0.25) is 4.79 Å². The van der Waals surface area contributed by atoms with Crippen LogP contribution in [0.3, 0.4) is 0 Å². The highest BCUT2D eigenvalue weighted by Crippen LogP contribution is 2.02. The summed E-state index contributed by atoms with van der Waals surface area (Å²) in [5.74, 6) is 2.56. The first-order valence-corrected chi connectivity index (χ1v) is 4.57. The Kier molecular flexibility index (Phi) is 4.36. The maximum atomic E-state index is 11.2. The molecule has 0 aliphatic heterocycles. The number of nitrogens with zero attached hydrogens (tertiary/aromatic N) is 2. The number of carbonyl (C=O) groups excluding carboxylic acids is 1. The molecule has 0 saturated carbocycles. The number of carbonyl (C=O) groups is 1. The van der Waals surface area contributed by atoms with Gasteiger partial charge in [0.15, 0.2) is 0 Å². The van der Waals surface area contributed by atoms with E-state index in [0.29, 0.717) is 11.5 Å². The van der Waals surface area contributed by atoms with Crippen LogP contribution in [-0.2, 0) is 4.79 Å². The van der Waals surface area contributed by atoms with Crippen molar-refractivity contribution in [2.45, 2.75) is 0 Å². The molecule has 1 rings (SSSR count). The Labute approximate surface area is 93.5 Å². The van der Waals surface area contributed by atoms with Crippen molar-refractivity contribution in [2.24, 2.45) is 0 Å². The Bertz CT molecular complexity index is 456. The molecule has 1 amide bonds. The fourth-order valence-electron chi connectivity index (χ4n) is 0.978. The van der Waals surface area contributed by atoms with Crippen LogP contribution >= 0.6 is 0 Å². The first-order valence-electron chi connectivity index (χ1n) is 4.57. The number of hydrogen-bond donors (Lipinski definition) is 2. The van der Waals surface area contributed by atoms with E-state index in [9.17, 15) is 4.79 Å². The van der Waals surface area contributed by atoms with Gasteiger partial charge in [0.25, 0.3) is 0 Å². The van der Waals surface area contributed by atoms with Gasteiger partial charge in [-0.2, -0.15) is 5.26 Å². The number of nitriles is 1. The van der Waals surface area contributed by atoms with E-state index in [1.165, 1.54) is 0 Å². The third kappa shape index (κ3) is 3.69. The van der Waals surface area contributed by atoms with Crippen LogP contribution in [0.15, 0.2) is 18.2 Å². The highest BCUT2D eigenvalue weighted by Gasteiger charge is 2.00. The highest BCUT2D eigenvalue weighted by molar-refractivity contribution is 5.80. The molecule has 0 spiro atoms. The van der Waals surface area contributed by atoms with E-state index >= 15 is 0 Å². The van der Waals surface area contributed by atoms with Crippen molar-refractivity contribution in [1.82, 2.24) is 10.3 Å². The van der Waals surface area contributed by atoms with Gasteiger partial charge in [-0.05, 0) is 12.1 Å². The third-order valence-electron chi connectivity index (χ3n) is 1.68. The van der Waals surface area contributed by atoms with Crippen LogP contribution in [0.4, 0.5) is 5.82 Å². The molecule has 0 fully saturated rings. The maximum Gasteiger partial charge on any atom is 0.240 e. The number of hydrogen-bond acceptors (Lipinski definition) is 4. The molecule has 0 aliphatic rings. The zero-order valence-electron chi connectivity index (χ0n) is 8.53. The van der Waals surface area contributed by atoms with Crippen molar-refractivity contribution in [3.63, 3.8) is 0 Å². The van der Waals surface area contributed by atoms with Gasteiger partial charge in [-0.1, -0.05) is 12.0 Å². The second kappa shape index (κ2) is 6.05. The molecule has 80 valence electrons. The first-order chi connectivity index (χ1) is 7.76. The van der Waals surface area contributed by atoms with Crippen molar-refractivity contribution in [3.05, 3.63) is 23.9 Å².